The lowest BCUT2D eigenvalue weighted by atomic mass is 9.82. The number of pyridine rings is 1. The van der Waals surface area contributed by atoms with Crippen molar-refractivity contribution in [2.45, 2.75) is 13.3 Å². The molecule has 0 radical (unpaired) electrons. The molecule has 1 N–H and O–H groups in total. The van der Waals surface area contributed by atoms with Crippen LogP contribution >= 0.6 is 0 Å². The molecule has 9 heteroatoms. The van der Waals surface area contributed by atoms with Gasteiger partial charge < -0.3 is 14.9 Å². The molecular formula is C19H30N4O4S. The monoisotopic (exact) mass is 410 g/mol. The van der Waals surface area contributed by atoms with Gasteiger partial charge in [-0.2, -0.15) is 0 Å². The summed E-state index contributed by atoms with van der Waals surface area (Å²) in [4.78, 5) is 21.0. The second-order valence-corrected chi connectivity index (χ2v) is 10.6. The van der Waals surface area contributed by atoms with Gasteiger partial charge in [0.05, 0.1) is 17.9 Å². The van der Waals surface area contributed by atoms with Crippen molar-refractivity contribution in [2.75, 3.05) is 59.2 Å². The molecule has 0 bridgehead atoms. The van der Waals surface area contributed by atoms with Gasteiger partial charge in [-0.05, 0) is 37.4 Å². The number of hydrogen-bond acceptors (Lipinski definition) is 6. The summed E-state index contributed by atoms with van der Waals surface area (Å²) in [5.41, 5.74) is 1.20. The number of carbonyl (C=O) groups is 1. The lowest BCUT2D eigenvalue weighted by molar-refractivity contribution is 0.0720. The molecule has 2 aliphatic rings. The fourth-order valence-electron chi connectivity index (χ4n) is 4.35. The van der Waals surface area contributed by atoms with Crippen LogP contribution in [0.2, 0.25) is 0 Å². The minimum Gasteiger partial charge on any atom is -0.396 e. The number of rotatable bonds is 7. The van der Waals surface area contributed by atoms with Gasteiger partial charge in [-0.3, -0.25) is 9.78 Å². The molecule has 2 saturated heterocycles. The predicted octanol–water partition coefficient (Wildman–Crippen LogP) is 0.0378. The maximum absolute atomic E-state index is 12.8. The second-order valence-electron chi connectivity index (χ2n) is 8.34. The third kappa shape index (κ3) is 4.22. The van der Waals surface area contributed by atoms with Gasteiger partial charge in [0.25, 0.3) is 5.91 Å². The summed E-state index contributed by atoms with van der Waals surface area (Å²) < 4.78 is 25.1. The third-order valence-electron chi connectivity index (χ3n) is 5.99. The van der Waals surface area contributed by atoms with Gasteiger partial charge in [-0.15, -0.1) is 0 Å². The highest BCUT2D eigenvalue weighted by molar-refractivity contribution is 7.89. The van der Waals surface area contributed by atoms with Crippen molar-refractivity contribution in [2.24, 2.45) is 11.3 Å². The Morgan fingerprint density at radius 3 is 2.68 bits per heavy atom. The number of aliphatic hydroxyl groups excluding tert-OH is 1. The standard InChI is InChI=1S/C19H30N4O4S/c1-15-7-16(9-20-8-15)18(25)23-11-17-10-22(12-19(17,13-23)14-24)5-4-6-28(26,27)21(2)3/h7-9,17,24H,4-6,10-14H2,1-3H3. The number of sulfonamides is 1. The van der Waals surface area contributed by atoms with Gasteiger partial charge in [0.2, 0.25) is 10.0 Å². The molecule has 0 aliphatic carbocycles. The molecule has 0 saturated carbocycles. The van der Waals surface area contributed by atoms with Gasteiger partial charge in [0, 0.05) is 58.1 Å². The zero-order valence-corrected chi connectivity index (χ0v) is 17.7. The van der Waals surface area contributed by atoms with Crippen LogP contribution in [0.25, 0.3) is 0 Å². The summed E-state index contributed by atoms with van der Waals surface area (Å²) in [6.45, 7) is 5.21. The summed E-state index contributed by atoms with van der Waals surface area (Å²) in [7, 11) is -0.0904. The van der Waals surface area contributed by atoms with Crippen LogP contribution in [0.5, 0.6) is 0 Å². The Hall–Kier alpha value is -1.55. The van der Waals surface area contributed by atoms with Gasteiger partial charge >= 0.3 is 0 Å². The molecule has 3 heterocycles. The Morgan fingerprint density at radius 2 is 2.07 bits per heavy atom. The van der Waals surface area contributed by atoms with Crippen LogP contribution in [0.15, 0.2) is 18.5 Å². The topological polar surface area (TPSA) is 94.1 Å². The number of fused-ring (bicyclic) bond motifs is 1. The number of carbonyl (C=O) groups excluding carboxylic acids is 1. The van der Waals surface area contributed by atoms with E-state index in [1.54, 1.807) is 26.5 Å². The molecule has 0 spiro atoms. The smallest absolute Gasteiger partial charge is 0.255 e. The number of nitrogens with zero attached hydrogens (tertiary/aromatic N) is 4. The first kappa shape index (κ1) is 21.2. The molecule has 8 nitrogen and oxygen atoms in total. The highest BCUT2D eigenvalue weighted by atomic mass is 32.2. The number of hydrogen-bond donors (Lipinski definition) is 1. The fourth-order valence-corrected chi connectivity index (χ4v) is 5.21. The molecule has 3 rings (SSSR count). The van der Waals surface area contributed by atoms with E-state index in [1.807, 2.05) is 17.9 Å². The van der Waals surface area contributed by atoms with E-state index in [1.165, 1.54) is 4.31 Å². The number of aliphatic hydroxyl groups is 1. The molecule has 156 valence electrons. The number of likely N-dealkylation sites (tertiary alicyclic amines) is 2. The van der Waals surface area contributed by atoms with Gasteiger partial charge in [-0.25, -0.2) is 12.7 Å². The average Bonchev–Trinajstić information content (AvgIpc) is 3.15. The minimum absolute atomic E-state index is 0.0278. The Labute approximate surface area is 167 Å². The molecule has 1 aromatic rings. The van der Waals surface area contributed by atoms with Crippen LogP contribution in [0.4, 0.5) is 0 Å². The first-order valence-corrected chi connectivity index (χ1v) is 11.2. The van der Waals surface area contributed by atoms with Crippen LogP contribution in [-0.2, 0) is 10.0 Å². The predicted molar refractivity (Wildman–Crippen MR) is 106 cm³/mol. The van der Waals surface area contributed by atoms with Crippen molar-refractivity contribution >= 4 is 15.9 Å². The lowest BCUT2D eigenvalue weighted by Crippen LogP contribution is -2.39. The maximum Gasteiger partial charge on any atom is 0.255 e. The average molecular weight is 411 g/mol. The number of aryl methyl sites for hydroxylation is 1. The zero-order chi connectivity index (χ0) is 20.5. The maximum atomic E-state index is 12.8. The summed E-state index contributed by atoms with van der Waals surface area (Å²) in [5, 5.41) is 10.1. The van der Waals surface area contributed by atoms with E-state index in [2.05, 4.69) is 9.88 Å². The van der Waals surface area contributed by atoms with Crippen molar-refractivity contribution < 1.29 is 18.3 Å². The minimum atomic E-state index is -3.19. The Morgan fingerprint density at radius 1 is 1.32 bits per heavy atom. The highest BCUT2D eigenvalue weighted by Gasteiger charge is 2.53. The number of aromatic nitrogens is 1. The zero-order valence-electron chi connectivity index (χ0n) is 16.8. The summed E-state index contributed by atoms with van der Waals surface area (Å²) in [6, 6.07) is 1.84. The molecule has 2 unspecified atom stereocenters. The van der Waals surface area contributed by atoms with Crippen LogP contribution in [0.3, 0.4) is 0 Å². The second kappa shape index (κ2) is 8.06. The molecular weight excluding hydrogens is 380 g/mol. The quantitative estimate of drug-likeness (QED) is 0.682. The van der Waals surface area contributed by atoms with Gasteiger partial charge in [0.1, 0.15) is 0 Å². The van der Waals surface area contributed by atoms with Crippen LogP contribution in [0.1, 0.15) is 22.3 Å². The normalized spacial score (nSPS) is 25.5. The first-order valence-electron chi connectivity index (χ1n) is 9.61. The summed E-state index contributed by atoms with van der Waals surface area (Å²) >= 11 is 0. The van der Waals surface area contributed by atoms with Gasteiger partial charge in [-0.1, -0.05) is 0 Å². The van der Waals surface area contributed by atoms with E-state index in [4.69, 9.17) is 0 Å². The molecule has 1 aromatic heterocycles. The van der Waals surface area contributed by atoms with E-state index in [-0.39, 0.29) is 29.6 Å². The summed E-state index contributed by atoms with van der Waals surface area (Å²) in [5.74, 6) is 0.282. The highest BCUT2D eigenvalue weighted by Crippen LogP contribution is 2.42. The van der Waals surface area contributed by atoms with Crippen molar-refractivity contribution in [3.8, 4) is 0 Å². The molecule has 2 atom stereocenters. The molecule has 0 aromatic carbocycles. The molecule has 1 amide bonds. The van der Waals surface area contributed by atoms with E-state index >= 15 is 0 Å². The van der Waals surface area contributed by atoms with E-state index in [0.29, 0.717) is 38.2 Å². The van der Waals surface area contributed by atoms with Gasteiger partial charge in [0.15, 0.2) is 0 Å². The third-order valence-corrected chi connectivity index (χ3v) is 7.90. The van der Waals surface area contributed by atoms with E-state index < -0.39 is 10.0 Å². The summed E-state index contributed by atoms with van der Waals surface area (Å²) in [6.07, 6.45) is 3.87. The first-order chi connectivity index (χ1) is 13.2. The van der Waals surface area contributed by atoms with E-state index in [9.17, 15) is 18.3 Å². The van der Waals surface area contributed by atoms with Crippen LogP contribution in [0, 0.1) is 18.3 Å². The fraction of sp³-hybridized carbons (Fsp3) is 0.684. The Kier molecular flexibility index (Phi) is 6.09. The van der Waals surface area contributed by atoms with E-state index in [0.717, 1.165) is 12.1 Å². The Bertz CT molecular complexity index is 829. The molecule has 28 heavy (non-hydrogen) atoms. The van der Waals surface area contributed by atoms with Crippen molar-refractivity contribution in [3.63, 3.8) is 0 Å². The van der Waals surface area contributed by atoms with Crippen LogP contribution in [-0.4, -0.2) is 97.7 Å². The Balaban J connectivity index is 1.59. The van der Waals surface area contributed by atoms with Crippen LogP contribution < -0.4 is 0 Å². The van der Waals surface area contributed by atoms with Crippen molar-refractivity contribution in [1.82, 2.24) is 19.1 Å². The molecule has 2 fully saturated rings. The van der Waals surface area contributed by atoms with Crippen molar-refractivity contribution in [1.29, 1.82) is 0 Å². The lowest BCUT2D eigenvalue weighted by Gasteiger charge is -2.27. The number of amides is 1. The molecule has 2 aliphatic heterocycles. The largest absolute Gasteiger partial charge is 0.396 e. The van der Waals surface area contributed by atoms with Crippen molar-refractivity contribution in [3.05, 3.63) is 29.6 Å². The SMILES string of the molecule is Cc1cncc(C(=O)N2CC3CN(CCCS(=O)(=O)N(C)C)CC3(CO)C2)c1.